The number of hydrogen-bond acceptors (Lipinski definition) is 2. The minimum Gasteiger partial charge on any atom is -0.396 e. The quantitative estimate of drug-likeness (QED) is 0.650. The second-order valence-electron chi connectivity index (χ2n) is 2.24. The predicted octanol–water partition coefficient (Wildman–Crippen LogP) is 1.71. The van der Waals surface area contributed by atoms with Gasteiger partial charge in [-0.15, -0.1) is 0 Å². The smallest absolute Gasteiger partial charge is 0.385 e. The first-order chi connectivity index (χ1) is 5.36. The molecule has 0 amide bonds. The van der Waals surface area contributed by atoms with Crippen LogP contribution in [0.1, 0.15) is 5.56 Å². The number of rotatable bonds is 2. The lowest BCUT2D eigenvalue weighted by Crippen LogP contribution is -1.88. The molecular formula is C8H9N2O+. The lowest BCUT2D eigenvalue weighted by molar-refractivity contribution is 0.299. The van der Waals surface area contributed by atoms with Crippen LogP contribution >= 0.6 is 0 Å². The van der Waals surface area contributed by atoms with Crippen LogP contribution in [0, 0.1) is 5.39 Å². The van der Waals surface area contributed by atoms with Crippen LogP contribution in [0.3, 0.4) is 0 Å². The molecule has 1 aromatic rings. The van der Waals surface area contributed by atoms with Gasteiger partial charge in [-0.1, -0.05) is 12.1 Å². The molecule has 0 aliphatic rings. The van der Waals surface area contributed by atoms with Gasteiger partial charge in [-0.25, -0.2) is 0 Å². The zero-order valence-corrected chi connectivity index (χ0v) is 6.07. The number of aliphatic hydroxyl groups is 1. The van der Waals surface area contributed by atoms with Gasteiger partial charge < -0.3 is 5.11 Å². The van der Waals surface area contributed by atoms with Gasteiger partial charge >= 0.3 is 5.69 Å². The Morgan fingerprint density at radius 1 is 1.27 bits per heavy atom. The summed E-state index contributed by atoms with van der Waals surface area (Å²) < 4.78 is 0. The normalized spacial score (nSPS) is 9.09. The molecule has 1 rings (SSSR count). The van der Waals surface area contributed by atoms with E-state index in [4.69, 9.17) is 10.5 Å². The minimum atomic E-state index is 0.148. The van der Waals surface area contributed by atoms with Crippen molar-refractivity contribution in [2.75, 3.05) is 6.61 Å². The highest BCUT2D eigenvalue weighted by molar-refractivity contribution is 5.44. The third-order valence-corrected chi connectivity index (χ3v) is 1.45. The average molecular weight is 149 g/mol. The first-order valence-electron chi connectivity index (χ1n) is 3.41. The van der Waals surface area contributed by atoms with E-state index in [-0.39, 0.29) is 6.61 Å². The van der Waals surface area contributed by atoms with E-state index in [1.54, 1.807) is 12.1 Å². The molecule has 0 unspecified atom stereocenters. The highest BCUT2D eigenvalue weighted by atomic mass is 16.2. The Morgan fingerprint density at radius 3 is 2.36 bits per heavy atom. The van der Waals surface area contributed by atoms with E-state index in [2.05, 4.69) is 4.98 Å². The molecular weight excluding hydrogens is 140 g/mol. The lowest BCUT2D eigenvalue weighted by Gasteiger charge is -1.92. The SMILES string of the molecule is N#[N+]c1ccc(CCO)cc1. The van der Waals surface area contributed by atoms with Crippen molar-refractivity contribution in [1.29, 1.82) is 5.39 Å². The molecule has 0 spiro atoms. The molecule has 0 saturated carbocycles. The van der Waals surface area contributed by atoms with Crippen molar-refractivity contribution in [3.63, 3.8) is 0 Å². The van der Waals surface area contributed by atoms with Gasteiger partial charge in [0.2, 0.25) is 5.39 Å². The molecule has 0 radical (unpaired) electrons. The van der Waals surface area contributed by atoms with Gasteiger partial charge in [0.25, 0.3) is 0 Å². The Bertz CT molecular complexity index is 260. The summed E-state index contributed by atoms with van der Waals surface area (Å²) >= 11 is 0. The van der Waals surface area contributed by atoms with Crippen LogP contribution in [0.5, 0.6) is 0 Å². The fourth-order valence-corrected chi connectivity index (χ4v) is 0.858. The molecule has 0 atom stereocenters. The first kappa shape index (κ1) is 7.70. The van der Waals surface area contributed by atoms with Crippen LogP contribution in [0.25, 0.3) is 4.98 Å². The summed E-state index contributed by atoms with van der Waals surface area (Å²) in [4.78, 5) is 3.01. The molecule has 3 nitrogen and oxygen atoms in total. The molecule has 0 saturated heterocycles. The topological polar surface area (TPSA) is 48.4 Å². The lowest BCUT2D eigenvalue weighted by atomic mass is 10.1. The highest BCUT2D eigenvalue weighted by Crippen LogP contribution is 2.12. The van der Waals surface area contributed by atoms with Crippen molar-refractivity contribution in [3.05, 3.63) is 34.8 Å². The fourth-order valence-electron chi connectivity index (χ4n) is 0.858. The number of nitrogens with zero attached hydrogens (tertiary/aromatic N) is 2. The number of aliphatic hydroxyl groups excluding tert-OH is 1. The Labute approximate surface area is 64.9 Å². The van der Waals surface area contributed by atoms with Crippen molar-refractivity contribution in [3.8, 4) is 0 Å². The van der Waals surface area contributed by atoms with Crippen LogP contribution in [0.4, 0.5) is 5.69 Å². The van der Waals surface area contributed by atoms with Crippen molar-refractivity contribution in [2.45, 2.75) is 6.42 Å². The van der Waals surface area contributed by atoms with E-state index in [0.29, 0.717) is 12.1 Å². The van der Waals surface area contributed by atoms with Crippen LogP contribution in [0.2, 0.25) is 0 Å². The molecule has 0 aromatic heterocycles. The standard InChI is InChI=1S/C8H9N2O/c9-10-8-3-1-7(2-4-8)5-6-11/h1-4,11H,5-6H2/q+1. The van der Waals surface area contributed by atoms with Gasteiger partial charge in [0.05, 0.1) is 0 Å². The molecule has 0 heterocycles. The van der Waals surface area contributed by atoms with Crippen LogP contribution in [-0.2, 0) is 6.42 Å². The van der Waals surface area contributed by atoms with E-state index in [1.165, 1.54) is 0 Å². The summed E-state index contributed by atoms with van der Waals surface area (Å²) in [6.45, 7) is 0.148. The molecule has 0 fully saturated rings. The van der Waals surface area contributed by atoms with E-state index in [9.17, 15) is 0 Å². The van der Waals surface area contributed by atoms with Crippen LogP contribution < -0.4 is 0 Å². The van der Waals surface area contributed by atoms with Gasteiger partial charge in [0.15, 0.2) is 4.98 Å². The van der Waals surface area contributed by atoms with Crippen molar-refractivity contribution >= 4 is 5.69 Å². The third kappa shape index (κ3) is 2.03. The van der Waals surface area contributed by atoms with Crippen molar-refractivity contribution in [2.24, 2.45) is 0 Å². The summed E-state index contributed by atoms with van der Waals surface area (Å²) in [5.41, 5.74) is 1.58. The van der Waals surface area contributed by atoms with E-state index < -0.39 is 0 Å². The molecule has 3 heteroatoms. The monoisotopic (exact) mass is 149 g/mol. The maximum atomic E-state index is 8.57. The first-order valence-corrected chi connectivity index (χ1v) is 3.41. The van der Waals surface area contributed by atoms with E-state index in [0.717, 1.165) is 5.56 Å². The Balaban J connectivity index is 2.76. The minimum absolute atomic E-state index is 0.148. The van der Waals surface area contributed by atoms with Crippen molar-refractivity contribution in [1.82, 2.24) is 0 Å². The number of hydrogen-bond donors (Lipinski definition) is 1. The van der Waals surface area contributed by atoms with E-state index >= 15 is 0 Å². The Morgan fingerprint density at radius 2 is 1.91 bits per heavy atom. The molecule has 1 aromatic carbocycles. The molecule has 56 valence electrons. The summed E-state index contributed by atoms with van der Waals surface area (Å²) in [7, 11) is 0. The molecule has 0 bridgehead atoms. The van der Waals surface area contributed by atoms with Gasteiger partial charge in [-0.2, -0.15) is 0 Å². The fraction of sp³-hybridized carbons (Fsp3) is 0.250. The van der Waals surface area contributed by atoms with Gasteiger partial charge in [0.1, 0.15) is 0 Å². The summed E-state index contributed by atoms with van der Waals surface area (Å²) in [5.74, 6) is 0. The molecule has 0 aliphatic carbocycles. The number of benzene rings is 1. The second-order valence-corrected chi connectivity index (χ2v) is 2.24. The predicted molar refractivity (Wildman–Crippen MR) is 42.0 cm³/mol. The van der Waals surface area contributed by atoms with E-state index in [1.807, 2.05) is 12.1 Å². The zero-order valence-electron chi connectivity index (χ0n) is 6.07. The van der Waals surface area contributed by atoms with Gasteiger partial charge in [0, 0.05) is 18.7 Å². The van der Waals surface area contributed by atoms with Gasteiger partial charge in [-0.3, -0.25) is 0 Å². The summed E-state index contributed by atoms with van der Waals surface area (Å²) in [6, 6.07) is 7.05. The maximum Gasteiger partial charge on any atom is 0.385 e. The summed E-state index contributed by atoms with van der Waals surface area (Å²) in [5, 5.41) is 16.9. The highest BCUT2D eigenvalue weighted by Gasteiger charge is 2.01. The second kappa shape index (κ2) is 3.69. The molecule has 1 N–H and O–H groups in total. The largest absolute Gasteiger partial charge is 0.396 e. The summed E-state index contributed by atoms with van der Waals surface area (Å²) in [6.07, 6.45) is 0.645. The molecule has 0 aliphatic heterocycles. The van der Waals surface area contributed by atoms with Crippen LogP contribution in [-0.4, -0.2) is 11.7 Å². The molecule has 11 heavy (non-hydrogen) atoms. The average Bonchev–Trinajstić information content (AvgIpc) is 2.07. The third-order valence-electron chi connectivity index (χ3n) is 1.45. The van der Waals surface area contributed by atoms with Gasteiger partial charge in [-0.05, 0) is 12.0 Å². The zero-order chi connectivity index (χ0) is 8.10. The number of diazo groups is 1. The van der Waals surface area contributed by atoms with Crippen LogP contribution in [0.15, 0.2) is 24.3 Å². The Hall–Kier alpha value is -1.40. The Kier molecular flexibility index (Phi) is 2.59. The van der Waals surface area contributed by atoms with Crippen molar-refractivity contribution < 1.29 is 5.11 Å². The maximum absolute atomic E-state index is 8.57.